The van der Waals surface area contributed by atoms with Crippen molar-refractivity contribution in [3.63, 3.8) is 0 Å². The minimum atomic E-state index is -0.645. The predicted octanol–water partition coefficient (Wildman–Crippen LogP) is 4.45. The van der Waals surface area contributed by atoms with Gasteiger partial charge < -0.3 is 10.1 Å². The monoisotopic (exact) mass is 333 g/mol. The van der Waals surface area contributed by atoms with Crippen LogP contribution in [0.25, 0.3) is 10.8 Å². The van der Waals surface area contributed by atoms with E-state index >= 15 is 0 Å². The molecule has 4 nitrogen and oxygen atoms in total. The second-order valence-corrected chi connectivity index (χ2v) is 5.89. The molecule has 4 heteroatoms. The number of hydrogen-bond acceptors (Lipinski definition) is 3. The summed E-state index contributed by atoms with van der Waals surface area (Å²) in [4.78, 5) is 23.6. The van der Waals surface area contributed by atoms with Crippen molar-refractivity contribution in [2.45, 2.75) is 20.0 Å². The summed E-state index contributed by atoms with van der Waals surface area (Å²) in [5.74, 6) is 0.392. The average molecular weight is 333 g/mol. The molecule has 1 amide bonds. The fourth-order valence-corrected chi connectivity index (χ4v) is 2.53. The summed E-state index contributed by atoms with van der Waals surface area (Å²) in [7, 11) is 0. The van der Waals surface area contributed by atoms with Crippen LogP contribution < -0.4 is 10.1 Å². The number of fused-ring (bicyclic) bond motifs is 1. The smallest absolute Gasteiger partial charge is 0.265 e. The second-order valence-electron chi connectivity index (χ2n) is 5.89. The van der Waals surface area contributed by atoms with Gasteiger partial charge in [-0.2, -0.15) is 0 Å². The van der Waals surface area contributed by atoms with Gasteiger partial charge in [0.1, 0.15) is 5.75 Å². The lowest BCUT2D eigenvalue weighted by Crippen LogP contribution is -2.30. The number of carbonyl (C=O) groups is 2. The third-order valence-electron chi connectivity index (χ3n) is 3.96. The summed E-state index contributed by atoms with van der Waals surface area (Å²) < 4.78 is 5.75. The first-order valence-corrected chi connectivity index (χ1v) is 8.10. The molecule has 1 unspecified atom stereocenters. The molecule has 0 saturated heterocycles. The maximum absolute atomic E-state index is 12.3. The van der Waals surface area contributed by atoms with Crippen LogP contribution in [0.2, 0.25) is 0 Å². The lowest BCUT2D eigenvalue weighted by atomic mass is 10.1. The summed E-state index contributed by atoms with van der Waals surface area (Å²) in [6, 6.07) is 20.5. The first-order valence-electron chi connectivity index (χ1n) is 8.10. The Morgan fingerprint density at radius 2 is 1.60 bits per heavy atom. The van der Waals surface area contributed by atoms with Crippen molar-refractivity contribution in [1.29, 1.82) is 0 Å². The average Bonchev–Trinajstić information content (AvgIpc) is 2.62. The van der Waals surface area contributed by atoms with Crippen LogP contribution in [0.4, 0.5) is 5.69 Å². The molecule has 0 fully saturated rings. The van der Waals surface area contributed by atoms with Gasteiger partial charge in [-0.05, 0) is 61.0 Å². The van der Waals surface area contributed by atoms with Gasteiger partial charge in [0.2, 0.25) is 0 Å². The van der Waals surface area contributed by atoms with E-state index in [1.54, 1.807) is 31.2 Å². The normalized spacial score (nSPS) is 11.8. The minimum Gasteiger partial charge on any atom is -0.481 e. The van der Waals surface area contributed by atoms with Crippen LogP contribution in [0.15, 0.2) is 66.7 Å². The third kappa shape index (κ3) is 4.04. The topological polar surface area (TPSA) is 55.4 Å². The van der Waals surface area contributed by atoms with Crippen molar-refractivity contribution in [2.24, 2.45) is 0 Å². The van der Waals surface area contributed by atoms with Crippen LogP contribution in [-0.4, -0.2) is 17.8 Å². The molecule has 3 aromatic rings. The van der Waals surface area contributed by atoms with Gasteiger partial charge in [-0.25, -0.2) is 0 Å². The Bertz CT molecular complexity index is 916. The molecule has 0 spiro atoms. The Morgan fingerprint density at radius 1 is 0.920 bits per heavy atom. The zero-order chi connectivity index (χ0) is 17.8. The van der Waals surface area contributed by atoms with Crippen molar-refractivity contribution in [3.8, 4) is 5.75 Å². The molecule has 0 aliphatic carbocycles. The maximum Gasteiger partial charge on any atom is 0.265 e. The predicted molar refractivity (Wildman–Crippen MR) is 99.1 cm³/mol. The Labute approximate surface area is 146 Å². The van der Waals surface area contributed by atoms with E-state index in [-0.39, 0.29) is 11.7 Å². The first kappa shape index (κ1) is 16.7. The van der Waals surface area contributed by atoms with Crippen molar-refractivity contribution in [2.75, 3.05) is 5.32 Å². The Morgan fingerprint density at radius 3 is 2.28 bits per heavy atom. The van der Waals surface area contributed by atoms with E-state index in [1.807, 2.05) is 42.5 Å². The standard InChI is InChI=1S/C21H19NO3/c1-14(23)16-7-10-19(11-8-16)22-21(24)15(2)25-20-12-9-17-5-3-4-6-18(17)13-20/h3-13,15H,1-2H3,(H,22,24). The van der Waals surface area contributed by atoms with E-state index in [0.29, 0.717) is 17.0 Å². The number of ether oxygens (including phenoxy) is 1. The van der Waals surface area contributed by atoms with E-state index in [4.69, 9.17) is 4.74 Å². The number of Topliss-reactive ketones (excluding diaryl/α,β-unsaturated/α-hetero) is 1. The van der Waals surface area contributed by atoms with Gasteiger partial charge in [-0.3, -0.25) is 9.59 Å². The minimum absolute atomic E-state index is 0.00844. The summed E-state index contributed by atoms with van der Waals surface area (Å²) in [5.41, 5.74) is 1.24. The molecule has 0 saturated carbocycles. The zero-order valence-corrected chi connectivity index (χ0v) is 14.2. The molecule has 0 heterocycles. The number of hydrogen-bond donors (Lipinski definition) is 1. The molecular formula is C21H19NO3. The number of anilines is 1. The molecule has 0 aliphatic rings. The first-order chi connectivity index (χ1) is 12.0. The zero-order valence-electron chi connectivity index (χ0n) is 14.2. The molecule has 0 bridgehead atoms. The molecule has 1 atom stereocenters. The van der Waals surface area contributed by atoms with E-state index < -0.39 is 6.10 Å². The molecule has 0 aliphatic heterocycles. The second kappa shape index (κ2) is 7.18. The van der Waals surface area contributed by atoms with Gasteiger partial charge in [-0.1, -0.05) is 30.3 Å². The Balaban J connectivity index is 1.66. The SMILES string of the molecule is CC(=O)c1ccc(NC(=O)C(C)Oc2ccc3ccccc3c2)cc1. The number of rotatable bonds is 5. The van der Waals surface area contributed by atoms with Gasteiger partial charge in [0.15, 0.2) is 11.9 Å². The Kier molecular flexibility index (Phi) is 4.80. The van der Waals surface area contributed by atoms with E-state index in [1.165, 1.54) is 6.92 Å². The highest BCUT2D eigenvalue weighted by Crippen LogP contribution is 2.21. The van der Waals surface area contributed by atoms with Crippen LogP contribution >= 0.6 is 0 Å². The van der Waals surface area contributed by atoms with Crippen LogP contribution in [-0.2, 0) is 4.79 Å². The molecule has 3 aromatic carbocycles. The van der Waals surface area contributed by atoms with Gasteiger partial charge >= 0.3 is 0 Å². The van der Waals surface area contributed by atoms with Crippen LogP contribution in [0, 0.1) is 0 Å². The molecule has 0 aromatic heterocycles. The van der Waals surface area contributed by atoms with Crippen LogP contribution in [0.5, 0.6) is 5.75 Å². The maximum atomic E-state index is 12.3. The highest BCUT2D eigenvalue weighted by molar-refractivity contribution is 5.96. The largest absolute Gasteiger partial charge is 0.481 e. The van der Waals surface area contributed by atoms with E-state index in [0.717, 1.165) is 10.8 Å². The molecule has 3 rings (SSSR count). The fraction of sp³-hybridized carbons (Fsp3) is 0.143. The number of amides is 1. The third-order valence-corrected chi connectivity index (χ3v) is 3.96. The van der Waals surface area contributed by atoms with Gasteiger partial charge in [0.05, 0.1) is 0 Å². The summed E-state index contributed by atoms with van der Waals surface area (Å²) >= 11 is 0. The van der Waals surface area contributed by atoms with Crippen molar-refractivity contribution in [3.05, 3.63) is 72.3 Å². The lowest BCUT2D eigenvalue weighted by Gasteiger charge is -2.15. The lowest BCUT2D eigenvalue weighted by molar-refractivity contribution is -0.122. The van der Waals surface area contributed by atoms with Crippen LogP contribution in [0.1, 0.15) is 24.2 Å². The fourth-order valence-electron chi connectivity index (χ4n) is 2.53. The molecule has 0 radical (unpaired) electrons. The van der Waals surface area contributed by atoms with Crippen molar-refractivity contribution >= 4 is 28.2 Å². The molecule has 126 valence electrons. The molecular weight excluding hydrogens is 314 g/mol. The molecule has 25 heavy (non-hydrogen) atoms. The van der Waals surface area contributed by atoms with E-state index in [2.05, 4.69) is 5.32 Å². The summed E-state index contributed by atoms with van der Waals surface area (Å²) in [5, 5.41) is 4.98. The summed E-state index contributed by atoms with van der Waals surface area (Å²) in [6.07, 6.45) is -0.645. The number of carbonyl (C=O) groups excluding carboxylic acids is 2. The van der Waals surface area contributed by atoms with Gasteiger partial charge in [0.25, 0.3) is 5.91 Å². The number of nitrogens with one attached hydrogen (secondary N) is 1. The Hall–Kier alpha value is -3.14. The van der Waals surface area contributed by atoms with Gasteiger partial charge in [0, 0.05) is 11.3 Å². The van der Waals surface area contributed by atoms with Gasteiger partial charge in [-0.15, -0.1) is 0 Å². The quantitative estimate of drug-likeness (QED) is 0.702. The number of benzene rings is 3. The number of ketones is 1. The molecule has 1 N–H and O–H groups in total. The highest BCUT2D eigenvalue weighted by Gasteiger charge is 2.15. The highest BCUT2D eigenvalue weighted by atomic mass is 16.5. The van der Waals surface area contributed by atoms with E-state index in [9.17, 15) is 9.59 Å². The van der Waals surface area contributed by atoms with Crippen molar-refractivity contribution < 1.29 is 14.3 Å². The van der Waals surface area contributed by atoms with Crippen LogP contribution in [0.3, 0.4) is 0 Å². The summed E-state index contributed by atoms with van der Waals surface area (Å²) in [6.45, 7) is 3.21. The van der Waals surface area contributed by atoms with Crippen molar-refractivity contribution in [1.82, 2.24) is 0 Å².